The first-order valence-electron chi connectivity index (χ1n) is 18.3. The van der Waals surface area contributed by atoms with E-state index in [1.165, 1.54) is 134 Å². The fourth-order valence-electron chi connectivity index (χ4n) is 7.47. The number of aromatic nitrogens is 2. The van der Waals surface area contributed by atoms with Crippen LogP contribution in [0.4, 0.5) is 0 Å². The lowest BCUT2D eigenvalue weighted by molar-refractivity contribution is -0.140. The van der Waals surface area contributed by atoms with Gasteiger partial charge in [-0.3, -0.25) is 4.79 Å². The highest BCUT2D eigenvalue weighted by atomic mass is 16.5. The van der Waals surface area contributed by atoms with Crippen molar-refractivity contribution < 1.29 is 9.53 Å². The summed E-state index contributed by atoms with van der Waals surface area (Å²) in [6.07, 6.45) is 32.9. The molecule has 2 aliphatic rings. The molecule has 0 unspecified atom stereocenters. The van der Waals surface area contributed by atoms with Crippen molar-refractivity contribution in [1.29, 1.82) is 0 Å². The first kappa shape index (κ1) is 33.7. The number of rotatable bonds is 18. The highest BCUT2D eigenvalue weighted by Gasteiger charge is 2.27. The molecule has 0 N–H and O–H groups in total. The zero-order valence-corrected chi connectivity index (χ0v) is 27.5. The SMILES string of the molecule is CCCCCCCCC[C@H]1CC[C@H](c2cnc(-c3ccc(OC(=O)[C@H]4CC[C@H](CCCCCCC)CC4)cc3)nc2)CC1. The second-order valence-corrected chi connectivity index (χ2v) is 13.8. The first-order valence-corrected chi connectivity index (χ1v) is 18.3. The van der Waals surface area contributed by atoms with E-state index in [9.17, 15) is 4.79 Å². The Morgan fingerprint density at radius 2 is 1.14 bits per heavy atom. The number of esters is 1. The van der Waals surface area contributed by atoms with Crippen LogP contribution in [-0.2, 0) is 4.79 Å². The van der Waals surface area contributed by atoms with Crippen LogP contribution in [0.25, 0.3) is 11.4 Å². The van der Waals surface area contributed by atoms with Crippen molar-refractivity contribution in [3.63, 3.8) is 0 Å². The summed E-state index contributed by atoms with van der Waals surface area (Å²) < 4.78 is 5.78. The normalized spacial score (nSPS) is 22.4. The average Bonchev–Trinajstić information content (AvgIpc) is 3.05. The molecule has 0 aliphatic heterocycles. The van der Waals surface area contributed by atoms with E-state index in [4.69, 9.17) is 14.7 Å². The first-order chi connectivity index (χ1) is 21.2. The van der Waals surface area contributed by atoms with Gasteiger partial charge in [0.05, 0.1) is 5.92 Å². The molecule has 1 aromatic carbocycles. The Balaban J connectivity index is 1.14. The summed E-state index contributed by atoms with van der Waals surface area (Å²) in [6, 6.07) is 7.72. The second kappa shape index (κ2) is 19.2. The van der Waals surface area contributed by atoms with Crippen molar-refractivity contribution in [2.24, 2.45) is 17.8 Å². The van der Waals surface area contributed by atoms with Crippen LogP contribution in [0, 0.1) is 17.8 Å². The van der Waals surface area contributed by atoms with Crippen LogP contribution in [0.1, 0.15) is 167 Å². The number of benzene rings is 1. The van der Waals surface area contributed by atoms with Gasteiger partial charge in [0.15, 0.2) is 5.82 Å². The Kier molecular flexibility index (Phi) is 15.0. The predicted molar refractivity (Wildman–Crippen MR) is 179 cm³/mol. The van der Waals surface area contributed by atoms with Gasteiger partial charge in [-0.1, -0.05) is 104 Å². The van der Waals surface area contributed by atoms with Gasteiger partial charge in [0.1, 0.15) is 5.75 Å². The third kappa shape index (κ3) is 11.7. The predicted octanol–water partition coefficient (Wildman–Crippen LogP) is 11.6. The van der Waals surface area contributed by atoms with Crippen LogP contribution in [0.3, 0.4) is 0 Å². The number of ether oxygens (including phenoxy) is 1. The minimum Gasteiger partial charge on any atom is -0.426 e. The summed E-state index contributed by atoms with van der Waals surface area (Å²) >= 11 is 0. The van der Waals surface area contributed by atoms with E-state index in [0.717, 1.165) is 36.1 Å². The average molecular weight is 589 g/mol. The fourth-order valence-corrected chi connectivity index (χ4v) is 7.47. The molecular formula is C39H60N2O2. The quantitative estimate of drug-likeness (QED) is 0.0987. The van der Waals surface area contributed by atoms with E-state index in [-0.39, 0.29) is 11.9 Å². The summed E-state index contributed by atoms with van der Waals surface area (Å²) in [6.45, 7) is 4.56. The lowest BCUT2D eigenvalue weighted by Gasteiger charge is -2.28. The van der Waals surface area contributed by atoms with E-state index in [1.54, 1.807) is 0 Å². The molecular weight excluding hydrogens is 528 g/mol. The molecule has 1 aromatic heterocycles. The van der Waals surface area contributed by atoms with Crippen molar-refractivity contribution in [3.8, 4) is 17.1 Å². The van der Waals surface area contributed by atoms with E-state index < -0.39 is 0 Å². The van der Waals surface area contributed by atoms with Crippen molar-refractivity contribution >= 4 is 5.97 Å². The number of hydrogen-bond acceptors (Lipinski definition) is 4. The van der Waals surface area contributed by atoms with Crippen LogP contribution < -0.4 is 4.74 Å². The standard InChI is InChI=1S/C39H60N2O2/c1-3-5-7-9-10-12-14-16-31-17-21-33(22-18-31)36-29-40-38(41-30-36)34-25-27-37(28-26-34)43-39(42)35-23-19-32(20-24-35)15-13-11-8-6-4-2/h25-33,35H,3-24H2,1-2H3/t31-,32-,33-,35-. The van der Waals surface area contributed by atoms with Gasteiger partial charge in [0.2, 0.25) is 0 Å². The van der Waals surface area contributed by atoms with Gasteiger partial charge < -0.3 is 4.74 Å². The molecule has 4 heteroatoms. The topological polar surface area (TPSA) is 52.1 Å². The van der Waals surface area contributed by atoms with E-state index in [2.05, 4.69) is 13.8 Å². The van der Waals surface area contributed by atoms with Crippen LogP contribution in [-0.4, -0.2) is 15.9 Å². The number of unbranched alkanes of at least 4 members (excludes halogenated alkanes) is 10. The maximum atomic E-state index is 12.8. The molecule has 2 saturated carbocycles. The van der Waals surface area contributed by atoms with Gasteiger partial charge >= 0.3 is 5.97 Å². The Bertz CT molecular complexity index is 1020. The largest absolute Gasteiger partial charge is 0.426 e. The number of carbonyl (C=O) groups excluding carboxylic acids is 1. The monoisotopic (exact) mass is 588 g/mol. The number of carbonyl (C=O) groups is 1. The van der Waals surface area contributed by atoms with Gasteiger partial charge in [0, 0.05) is 18.0 Å². The van der Waals surface area contributed by atoms with Crippen molar-refractivity contribution in [1.82, 2.24) is 9.97 Å². The van der Waals surface area contributed by atoms with Crippen LogP contribution >= 0.6 is 0 Å². The molecule has 2 aliphatic carbocycles. The Hall–Kier alpha value is -2.23. The Morgan fingerprint density at radius 3 is 1.67 bits per heavy atom. The molecule has 2 aromatic rings. The lowest BCUT2D eigenvalue weighted by Crippen LogP contribution is -2.25. The van der Waals surface area contributed by atoms with E-state index in [0.29, 0.717) is 11.7 Å². The molecule has 2 fully saturated rings. The third-order valence-electron chi connectivity index (χ3n) is 10.4. The maximum absolute atomic E-state index is 12.8. The summed E-state index contributed by atoms with van der Waals surface area (Å²) in [5, 5.41) is 0. The van der Waals surface area contributed by atoms with Gasteiger partial charge in [-0.2, -0.15) is 0 Å². The van der Waals surface area contributed by atoms with Gasteiger partial charge in [0.25, 0.3) is 0 Å². The molecule has 0 saturated heterocycles. The summed E-state index contributed by atoms with van der Waals surface area (Å²) in [4.78, 5) is 22.3. The second-order valence-electron chi connectivity index (χ2n) is 13.8. The molecule has 0 atom stereocenters. The highest BCUT2D eigenvalue weighted by Crippen LogP contribution is 2.38. The molecule has 4 rings (SSSR count). The van der Waals surface area contributed by atoms with Gasteiger partial charge in [-0.05, 0) is 98.9 Å². The van der Waals surface area contributed by atoms with Gasteiger partial charge in [-0.15, -0.1) is 0 Å². The molecule has 238 valence electrons. The van der Waals surface area contributed by atoms with Crippen LogP contribution in [0.15, 0.2) is 36.7 Å². The Labute approximate surface area is 263 Å². The Morgan fingerprint density at radius 1 is 0.651 bits per heavy atom. The molecule has 1 heterocycles. The summed E-state index contributed by atoms with van der Waals surface area (Å²) in [7, 11) is 0. The maximum Gasteiger partial charge on any atom is 0.314 e. The smallest absolute Gasteiger partial charge is 0.314 e. The fraction of sp³-hybridized carbons (Fsp3) is 0.718. The summed E-state index contributed by atoms with van der Waals surface area (Å²) in [5.74, 6) is 3.65. The zero-order valence-electron chi connectivity index (χ0n) is 27.5. The molecule has 43 heavy (non-hydrogen) atoms. The number of hydrogen-bond donors (Lipinski definition) is 0. The molecule has 0 bridgehead atoms. The molecule has 0 radical (unpaired) electrons. The third-order valence-corrected chi connectivity index (χ3v) is 10.4. The molecule has 0 amide bonds. The number of nitrogens with zero attached hydrogens (tertiary/aromatic N) is 2. The van der Waals surface area contributed by atoms with Crippen LogP contribution in [0.5, 0.6) is 5.75 Å². The van der Waals surface area contributed by atoms with Crippen molar-refractivity contribution in [2.75, 3.05) is 0 Å². The molecule has 0 spiro atoms. The van der Waals surface area contributed by atoms with E-state index >= 15 is 0 Å². The molecule has 4 nitrogen and oxygen atoms in total. The van der Waals surface area contributed by atoms with Gasteiger partial charge in [-0.25, -0.2) is 9.97 Å². The highest BCUT2D eigenvalue weighted by molar-refractivity contribution is 5.75. The zero-order chi connectivity index (χ0) is 30.1. The van der Waals surface area contributed by atoms with Crippen LogP contribution in [0.2, 0.25) is 0 Å². The van der Waals surface area contributed by atoms with Crippen molar-refractivity contribution in [2.45, 2.75) is 161 Å². The van der Waals surface area contributed by atoms with E-state index in [1.807, 2.05) is 36.7 Å². The van der Waals surface area contributed by atoms with Crippen molar-refractivity contribution in [3.05, 3.63) is 42.2 Å². The summed E-state index contributed by atoms with van der Waals surface area (Å²) in [5.41, 5.74) is 2.25. The minimum atomic E-state index is -0.0631. The lowest BCUT2D eigenvalue weighted by atomic mass is 9.77. The minimum absolute atomic E-state index is 0.0438.